The van der Waals surface area contributed by atoms with Crippen molar-refractivity contribution in [2.45, 2.75) is 36.6 Å². The summed E-state index contributed by atoms with van der Waals surface area (Å²) in [7, 11) is 0. The van der Waals surface area contributed by atoms with E-state index < -0.39 is 11.5 Å². The lowest BCUT2D eigenvalue weighted by Crippen LogP contribution is -2.04. The highest BCUT2D eigenvalue weighted by Gasteiger charge is 2.29. The number of hydrogen-bond donors (Lipinski definition) is 1. The molecule has 0 aromatic heterocycles. The van der Waals surface area contributed by atoms with Gasteiger partial charge in [-0.15, -0.1) is 0 Å². The van der Waals surface area contributed by atoms with Crippen molar-refractivity contribution in [3.8, 4) is 0 Å². The van der Waals surface area contributed by atoms with Crippen LogP contribution in [0.4, 0.5) is 13.2 Å². The molecule has 0 radical (unpaired) electrons. The van der Waals surface area contributed by atoms with Crippen LogP contribution in [0.2, 0.25) is 0 Å². The Kier molecular flexibility index (Phi) is 4.67. The first kappa shape index (κ1) is 14.9. The summed E-state index contributed by atoms with van der Waals surface area (Å²) < 4.78 is 36.9. The average molecular weight is 278 g/mol. The maximum Gasteiger partial charge on any atom is 0.446 e. The van der Waals surface area contributed by atoms with Crippen LogP contribution in [0, 0.1) is 0 Å². The van der Waals surface area contributed by atoms with Crippen molar-refractivity contribution in [3.05, 3.63) is 29.3 Å². The predicted molar refractivity (Wildman–Crippen MR) is 63.8 cm³/mol. The van der Waals surface area contributed by atoms with E-state index in [4.69, 9.17) is 5.11 Å². The fraction of sp³-hybridized carbons (Fsp3) is 0.417. The first-order valence-corrected chi connectivity index (χ1v) is 6.10. The van der Waals surface area contributed by atoms with Crippen molar-refractivity contribution in [2.24, 2.45) is 0 Å². The van der Waals surface area contributed by atoms with Gasteiger partial charge in [-0.2, -0.15) is 13.2 Å². The molecule has 0 spiro atoms. The zero-order chi connectivity index (χ0) is 13.9. The summed E-state index contributed by atoms with van der Waals surface area (Å²) in [6, 6.07) is 4.37. The second-order valence-corrected chi connectivity index (χ2v) is 5.32. The van der Waals surface area contributed by atoms with Gasteiger partial charge in [-0.1, -0.05) is 19.9 Å². The van der Waals surface area contributed by atoms with Gasteiger partial charge in [0.15, 0.2) is 0 Å². The van der Waals surface area contributed by atoms with Crippen molar-refractivity contribution in [1.29, 1.82) is 0 Å². The monoisotopic (exact) mass is 278 g/mol. The van der Waals surface area contributed by atoms with Gasteiger partial charge < -0.3 is 5.11 Å². The van der Waals surface area contributed by atoms with Crippen molar-refractivity contribution in [3.63, 3.8) is 0 Å². The Morgan fingerprint density at radius 3 is 2.39 bits per heavy atom. The van der Waals surface area contributed by atoms with Crippen LogP contribution in [0.15, 0.2) is 23.1 Å². The van der Waals surface area contributed by atoms with E-state index in [0.29, 0.717) is 11.1 Å². The lowest BCUT2D eigenvalue weighted by molar-refractivity contribution is -0.136. The maximum absolute atomic E-state index is 12.3. The summed E-state index contributed by atoms with van der Waals surface area (Å²) >= 11 is -0.219. The van der Waals surface area contributed by atoms with Crippen molar-refractivity contribution < 1.29 is 23.1 Å². The molecule has 0 unspecified atom stereocenters. The SMILES string of the molecule is CC(C)c1cc(CC(=O)O)cc(SC(F)(F)F)c1. The Morgan fingerprint density at radius 1 is 1.33 bits per heavy atom. The van der Waals surface area contributed by atoms with E-state index in [1.54, 1.807) is 6.07 Å². The Balaban J connectivity index is 3.09. The molecule has 1 aromatic carbocycles. The molecule has 0 aliphatic heterocycles. The van der Waals surface area contributed by atoms with E-state index in [2.05, 4.69) is 0 Å². The number of benzene rings is 1. The van der Waals surface area contributed by atoms with Crippen LogP contribution in [0.1, 0.15) is 30.9 Å². The molecule has 6 heteroatoms. The molecule has 18 heavy (non-hydrogen) atoms. The molecule has 0 atom stereocenters. The summed E-state index contributed by atoms with van der Waals surface area (Å²) in [4.78, 5) is 10.6. The Hall–Kier alpha value is -1.17. The molecule has 1 N–H and O–H groups in total. The number of halogens is 3. The molecule has 1 rings (SSSR count). The number of carboxylic acid groups (broad SMARTS) is 1. The van der Waals surface area contributed by atoms with Gasteiger partial charge in [0, 0.05) is 4.90 Å². The smallest absolute Gasteiger partial charge is 0.446 e. The van der Waals surface area contributed by atoms with Crippen LogP contribution in [0.5, 0.6) is 0 Å². The predicted octanol–water partition coefficient (Wildman–Crippen LogP) is 4.05. The number of alkyl halides is 3. The number of carboxylic acids is 1. The van der Waals surface area contributed by atoms with E-state index in [0.717, 1.165) is 0 Å². The van der Waals surface area contributed by atoms with E-state index >= 15 is 0 Å². The van der Waals surface area contributed by atoms with Gasteiger partial charge in [0.2, 0.25) is 0 Å². The fourth-order valence-electron chi connectivity index (χ4n) is 1.49. The number of aliphatic carboxylic acids is 1. The normalized spacial score (nSPS) is 11.9. The summed E-state index contributed by atoms with van der Waals surface area (Å²) in [6.07, 6.45) is -0.272. The van der Waals surface area contributed by atoms with Crippen LogP contribution < -0.4 is 0 Å². The van der Waals surface area contributed by atoms with Crippen molar-refractivity contribution in [2.75, 3.05) is 0 Å². The minimum Gasteiger partial charge on any atom is -0.481 e. The van der Waals surface area contributed by atoms with Gasteiger partial charge in [0.25, 0.3) is 0 Å². The second kappa shape index (κ2) is 5.65. The molecule has 2 nitrogen and oxygen atoms in total. The molecular formula is C12H13F3O2S. The van der Waals surface area contributed by atoms with E-state index in [1.807, 2.05) is 13.8 Å². The highest BCUT2D eigenvalue weighted by atomic mass is 32.2. The Labute approximate surface area is 107 Å². The molecule has 1 aromatic rings. The lowest BCUT2D eigenvalue weighted by Gasteiger charge is -2.12. The zero-order valence-electron chi connectivity index (χ0n) is 9.91. The van der Waals surface area contributed by atoms with E-state index in [9.17, 15) is 18.0 Å². The largest absolute Gasteiger partial charge is 0.481 e. The van der Waals surface area contributed by atoms with Gasteiger partial charge in [-0.25, -0.2) is 0 Å². The molecule has 0 heterocycles. The summed E-state index contributed by atoms with van der Waals surface area (Å²) in [6.45, 7) is 3.70. The summed E-state index contributed by atoms with van der Waals surface area (Å²) in [5.74, 6) is -1.01. The fourth-order valence-corrected chi connectivity index (χ4v) is 2.16. The van der Waals surface area contributed by atoms with Crippen molar-refractivity contribution in [1.82, 2.24) is 0 Å². The minimum atomic E-state index is -4.36. The molecule has 0 aliphatic rings. The lowest BCUT2D eigenvalue weighted by atomic mass is 10.00. The first-order chi connectivity index (χ1) is 8.17. The van der Waals surface area contributed by atoms with Crippen LogP contribution >= 0.6 is 11.8 Å². The molecular weight excluding hydrogens is 265 g/mol. The van der Waals surface area contributed by atoms with Gasteiger partial charge >= 0.3 is 11.5 Å². The first-order valence-electron chi connectivity index (χ1n) is 5.29. The second-order valence-electron chi connectivity index (χ2n) is 4.18. The third kappa shape index (κ3) is 5.00. The topological polar surface area (TPSA) is 37.3 Å². The quantitative estimate of drug-likeness (QED) is 0.844. The zero-order valence-corrected chi connectivity index (χ0v) is 10.7. The molecule has 100 valence electrons. The standard InChI is InChI=1S/C12H13F3O2S/c1-7(2)9-3-8(5-11(16)17)4-10(6-9)18-12(13,14)15/h3-4,6-7H,5H2,1-2H3,(H,16,17). The third-order valence-corrected chi connectivity index (χ3v) is 2.95. The van der Waals surface area contributed by atoms with Crippen LogP contribution in [-0.2, 0) is 11.2 Å². The number of hydrogen-bond acceptors (Lipinski definition) is 2. The van der Waals surface area contributed by atoms with Crippen LogP contribution in [-0.4, -0.2) is 16.6 Å². The van der Waals surface area contributed by atoms with Gasteiger partial charge in [0.1, 0.15) is 0 Å². The number of rotatable bonds is 4. The number of carbonyl (C=O) groups is 1. The third-order valence-electron chi connectivity index (χ3n) is 2.24. The average Bonchev–Trinajstić information content (AvgIpc) is 2.12. The molecule has 0 fully saturated rings. The molecule has 0 aliphatic carbocycles. The Morgan fingerprint density at radius 2 is 1.94 bits per heavy atom. The summed E-state index contributed by atoms with van der Waals surface area (Å²) in [5, 5.41) is 8.69. The minimum absolute atomic E-state index is 0.0324. The molecule has 0 saturated carbocycles. The summed E-state index contributed by atoms with van der Waals surface area (Å²) in [5.41, 5.74) is -3.27. The molecule has 0 bridgehead atoms. The maximum atomic E-state index is 12.3. The highest BCUT2D eigenvalue weighted by Crippen LogP contribution is 2.38. The van der Waals surface area contributed by atoms with Gasteiger partial charge in [-0.05, 0) is 40.9 Å². The van der Waals surface area contributed by atoms with Crippen molar-refractivity contribution >= 4 is 17.7 Å². The Bertz CT molecular complexity index is 441. The van der Waals surface area contributed by atoms with Gasteiger partial charge in [-0.3, -0.25) is 4.79 Å². The highest BCUT2D eigenvalue weighted by molar-refractivity contribution is 8.00. The number of thioether (sulfide) groups is 1. The van der Waals surface area contributed by atoms with E-state index in [1.165, 1.54) is 12.1 Å². The van der Waals surface area contributed by atoms with Crippen LogP contribution in [0.3, 0.4) is 0 Å². The van der Waals surface area contributed by atoms with E-state index in [-0.39, 0.29) is 29.0 Å². The van der Waals surface area contributed by atoms with Crippen LogP contribution in [0.25, 0.3) is 0 Å². The molecule has 0 amide bonds. The van der Waals surface area contributed by atoms with Gasteiger partial charge in [0.05, 0.1) is 6.42 Å². The molecule has 0 saturated heterocycles.